The van der Waals surface area contributed by atoms with Gasteiger partial charge in [-0.05, 0) is 31.9 Å². The Balaban J connectivity index is 2.14. The molecule has 1 aromatic carbocycles. The molecule has 2 rings (SSSR count). The molecule has 3 nitrogen and oxygen atoms in total. The van der Waals surface area contributed by atoms with Crippen molar-refractivity contribution in [3.8, 4) is 11.5 Å². The van der Waals surface area contributed by atoms with Gasteiger partial charge in [-0.25, -0.2) is 0 Å². The van der Waals surface area contributed by atoms with Crippen molar-refractivity contribution in [1.29, 1.82) is 0 Å². The lowest BCUT2D eigenvalue weighted by Gasteiger charge is -2.11. The van der Waals surface area contributed by atoms with Crippen LogP contribution in [0.4, 0.5) is 5.69 Å². The summed E-state index contributed by atoms with van der Waals surface area (Å²) in [6, 6.07) is 6.63. The molecule has 82 valence electrons. The first-order valence-electron chi connectivity index (χ1n) is 5.41. The highest BCUT2D eigenvalue weighted by molar-refractivity contribution is 5.55. The van der Waals surface area contributed by atoms with Crippen molar-refractivity contribution in [2.45, 2.75) is 25.8 Å². The van der Waals surface area contributed by atoms with Gasteiger partial charge in [0.25, 0.3) is 0 Å². The van der Waals surface area contributed by atoms with Crippen LogP contribution in [0, 0.1) is 0 Å². The first kappa shape index (κ1) is 10.1. The quantitative estimate of drug-likeness (QED) is 0.805. The van der Waals surface area contributed by atoms with Crippen LogP contribution >= 0.6 is 0 Å². The van der Waals surface area contributed by atoms with Crippen molar-refractivity contribution < 1.29 is 9.47 Å². The number of anilines is 1. The van der Waals surface area contributed by atoms with Gasteiger partial charge in [-0.1, -0.05) is 0 Å². The average Bonchev–Trinajstić information content (AvgIpc) is 3.03. The predicted molar refractivity (Wildman–Crippen MR) is 60.8 cm³/mol. The molecule has 15 heavy (non-hydrogen) atoms. The number of methoxy groups -OCH3 is 1. The van der Waals surface area contributed by atoms with E-state index in [1.165, 1.54) is 12.8 Å². The minimum absolute atomic E-state index is 0.656. The largest absolute Gasteiger partial charge is 0.493 e. The minimum atomic E-state index is 0.656. The molecule has 0 amide bonds. The van der Waals surface area contributed by atoms with Gasteiger partial charge in [0.2, 0.25) is 0 Å². The molecule has 0 heterocycles. The molecule has 3 heteroatoms. The smallest absolute Gasteiger partial charge is 0.163 e. The van der Waals surface area contributed by atoms with Crippen molar-refractivity contribution in [2.24, 2.45) is 0 Å². The molecule has 0 aromatic heterocycles. The molecule has 1 aliphatic carbocycles. The number of rotatable bonds is 5. The van der Waals surface area contributed by atoms with Gasteiger partial charge in [0, 0.05) is 17.8 Å². The molecule has 0 saturated heterocycles. The van der Waals surface area contributed by atoms with E-state index in [1.54, 1.807) is 7.11 Å². The van der Waals surface area contributed by atoms with Crippen LogP contribution < -0.4 is 14.8 Å². The summed E-state index contributed by atoms with van der Waals surface area (Å²) < 4.78 is 10.7. The van der Waals surface area contributed by atoms with Crippen LogP contribution in [-0.2, 0) is 0 Å². The van der Waals surface area contributed by atoms with Crippen LogP contribution in [0.5, 0.6) is 11.5 Å². The molecule has 0 atom stereocenters. The summed E-state index contributed by atoms with van der Waals surface area (Å²) in [4.78, 5) is 0. The molecule has 0 unspecified atom stereocenters. The fraction of sp³-hybridized carbons (Fsp3) is 0.500. The van der Waals surface area contributed by atoms with Crippen molar-refractivity contribution in [3.05, 3.63) is 18.2 Å². The maximum Gasteiger partial charge on any atom is 0.163 e. The van der Waals surface area contributed by atoms with Gasteiger partial charge < -0.3 is 14.8 Å². The molecule has 0 radical (unpaired) electrons. The van der Waals surface area contributed by atoms with Crippen molar-refractivity contribution in [2.75, 3.05) is 19.0 Å². The van der Waals surface area contributed by atoms with Gasteiger partial charge >= 0.3 is 0 Å². The fourth-order valence-electron chi connectivity index (χ4n) is 1.50. The van der Waals surface area contributed by atoms with E-state index in [2.05, 4.69) is 5.32 Å². The third kappa shape index (κ3) is 2.55. The van der Waals surface area contributed by atoms with E-state index in [9.17, 15) is 0 Å². The first-order chi connectivity index (χ1) is 7.33. The monoisotopic (exact) mass is 207 g/mol. The predicted octanol–water partition coefficient (Wildman–Crippen LogP) is 2.67. The molecule has 1 saturated carbocycles. The van der Waals surface area contributed by atoms with E-state index in [0.717, 1.165) is 17.2 Å². The summed E-state index contributed by atoms with van der Waals surface area (Å²) in [6.45, 7) is 2.63. The van der Waals surface area contributed by atoms with E-state index in [-0.39, 0.29) is 0 Å². The summed E-state index contributed by atoms with van der Waals surface area (Å²) >= 11 is 0. The topological polar surface area (TPSA) is 30.5 Å². The van der Waals surface area contributed by atoms with E-state index in [1.807, 2.05) is 25.1 Å². The summed E-state index contributed by atoms with van der Waals surface area (Å²) in [5.41, 5.74) is 1.11. The van der Waals surface area contributed by atoms with Gasteiger partial charge in [0.05, 0.1) is 13.7 Å². The summed E-state index contributed by atoms with van der Waals surface area (Å²) in [5, 5.41) is 3.43. The van der Waals surface area contributed by atoms with Crippen molar-refractivity contribution in [1.82, 2.24) is 0 Å². The van der Waals surface area contributed by atoms with Gasteiger partial charge in [-0.3, -0.25) is 0 Å². The summed E-state index contributed by atoms with van der Waals surface area (Å²) in [5.74, 6) is 1.60. The van der Waals surface area contributed by atoms with E-state index < -0.39 is 0 Å². The van der Waals surface area contributed by atoms with E-state index in [4.69, 9.17) is 9.47 Å². The third-order valence-electron chi connectivity index (χ3n) is 2.41. The molecule has 0 spiro atoms. The maximum absolute atomic E-state index is 5.51. The Morgan fingerprint density at radius 3 is 2.73 bits per heavy atom. The Bertz CT molecular complexity index is 334. The van der Waals surface area contributed by atoms with Crippen LogP contribution in [-0.4, -0.2) is 19.8 Å². The van der Waals surface area contributed by atoms with Crippen molar-refractivity contribution in [3.63, 3.8) is 0 Å². The van der Waals surface area contributed by atoms with Gasteiger partial charge in [-0.2, -0.15) is 0 Å². The lowest BCUT2D eigenvalue weighted by molar-refractivity contribution is 0.311. The van der Waals surface area contributed by atoms with Crippen LogP contribution in [0.1, 0.15) is 19.8 Å². The molecule has 1 aliphatic rings. The van der Waals surface area contributed by atoms with Gasteiger partial charge in [0.15, 0.2) is 11.5 Å². The lowest BCUT2D eigenvalue weighted by atomic mass is 10.2. The minimum Gasteiger partial charge on any atom is -0.493 e. The second-order valence-corrected chi connectivity index (χ2v) is 3.72. The Labute approximate surface area is 90.4 Å². The van der Waals surface area contributed by atoms with Crippen LogP contribution in [0.2, 0.25) is 0 Å². The average molecular weight is 207 g/mol. The highest BCUT2D eigenvalue weighted by Crippen LogP contribution is 2.32. The maximum atomic E-state index is 5.51. The van der Waals surface area contributed by atoms with E-state index >= 15 is 0 Å². The molecule has 1 fully saturated rings. The van der Waals surface area contributed by atoms with Crippen LogP contribution in [0.25, 0.3) is 0 Å². The zero-order valence-corrected chi connectivity index (χ0v) is 9.25. The number of benzene rings is 1. The Morgan fingerprint density at radius 1 is 1.33 bits per heavy atom. The zero-order valence-electron chi connectivity index (χ0n) is 9.25. The number of ether oxygens (including phenoxy) is 2. The number of nitrogens with one attached hydrogen (secondary N) is 1. The fourth-order valence-corrected chi connectivity index (χ4v) is 1.50. The standard InChI is InChI=1S/C12H17NO2/c1-3-15-12-8-10(13-9-4-5-9)6-7-11(12)14-2/h6-9,13H,3-5H2,1-2H3. The van der Waals surface area contributed by atoms with Crippen LogP contribution in [0.3, 0.4) is 0 Å². The second-order valence-electron chi connectivity index (χ2n) is 3.72. The Morgan fingerprint density at radius 2 is 2.13 bits per heavy atom. The van der Waals surface area contributed by atoms with Gasteiger partial charge in [0.1, 0.15) is 0 Å². The zero-order chi connectivity index (χ0) is 10.7. The summed E-state index contributed by atoms with van der Waals surface area (Å²) in [7, 11) is 1.66. The first-order valence-corrected chi connectivity index (χ1v) is 5.41. The Hall–Kier alpha value is -1.38. The van der Waals surface area contributed by atoms with Gasteiger partial charge in [-0.15, -0.1) is 0 Å². The third-order valence-corrected chi connectivity index (χ3v) is 2.41. The second kappa shape index (κ2) is 4.43. The molecule has 0 aliphatic heterocycles. The van der Waals surface area contributed by atoms with Crippen LogP contribution in [0.15, 0.2) is 18.2 Å². The Kier molecular flexibility index (Phi) is 2.99. The van der Waals surface area contributed by atoms with Crippen molar-refractivity contribution >= 4 is 5.69 Å². The molecule has 0 bridgehead atoms. The SMILES string of the molecule is CCOc1cc(NC2CC2)ccc1OC. The highest BCUT2D eigenvalue weighted by Gasteiger charge is 2.21. The lowest BCUT2D eigenvalue weighted by Crippen LogP contribution is -2.02. The van der Waals surface area contributed by atoms with E-state index in [0.29, 0.717) is 12.6 Å². The summed E-state index contributed by atoms with van der Waals surface area (Å²) in [6.07, 6.45) is 2.55. The molecule has 1 N–H and O–H groups in total. The molecular weight excluding hydrogens is 190 g/mol. The number of hydrogen-bond acceptors (Lipinski definition) is 3. The molecule has 1 aromatic rings. The highest BCUT2D eigenvalue weighted by atomic mass is 16.5. The normalized spacial score (nSPS) is 14.8. The molecular formula is C12H17NO2. The number of hydrogen-bond donors (Lipinski definition) is 1.